The first-order valence-corrected chi connectivity index (χ1v) is 7.52. The minimum Gasteiger partial charge on any atom is -0.369 e. The van der Waals surface area contributed by atoms with Crippen LogP contribution in [0.3, 0.4) is 0 Å². The molecule has 2 unspecified atom stereocenters. The van der Waals surface area contributed by atoms with Crippen LogP contribution in [0.5, 0.6) is 0 Å². The molecule has 0 spiro atoms. The number of ether oxygens (including phenoxy) is 1. The van der Waals surface area contributed by atoms with Gasteiger partial charge in [-0.05, 0) is 7.05 Å². The Morgan fingerprint density at radius 3 is 1.59 bits per heavy atom. The van der Waals surface area contributed by atoms with Crippen LogP contribution in [0.25, 0.3) is 0 Å². The molecule has 14 heteroatoms. The highest BCUT2D eigenvalue weighted by molar-refractivity contribution is 4.93. The summed E-state index contributed by atoms with van der Waals surface area (Å²) in [5, 5.41) is 0. The van der Waals surface area contributed by atoms with E-state index in [0.29, 0.717) is 4.90 Å². The molecule has 27 heavy (non-hydrogen) atoms. The minimum absolute atomic E-state index is 0.0384. The SMILES string of the molecule is CN1CCN(C(C(F)(F)F)C(F)(F)COCC(F)(F)C(F)C(F)(F)F)CC1. The molecule has 0 aromatic rings. The van der Waals surface area contributed by atoms with E-state index in [1.165, 1.54) is 0 Å². The molecule has 1 heterocycles. The number of piperazine rings is 1. The van der Waals surface area contributed by atoms with Gasteiger partial charge in [0.2, 0.25) is 0 Å². The molecule has 0 aromatic heterocycles. The Morgan fingerprint density at radius 2 is 1.19 bits per heavy atom. The number of nitrogens with zero attached hydrogens (tertiary/aromatic N) is 2. The summed E-state index contributed by atoms with van der Waals surface area (Å²) in [7, 11) is 1.55. The number of rotatable bonds is 7. The molecular weight excluding hydrogens is 409 g/mol. The first-order valence-electron chi connectivity index (χ1n) is 7.52. The molecule has 1 aliphatic heterocycles. The van der Waals surface area contributed by atoms with Crippen LogP contribution in [0.4, 0.5) is 48.3 Å². The van der Waals surface area contributed by atoms with Crippen molar-refractivity contribution in [1.29, 1.82) is 0 Å². The van der Waals surface area contributed by atoms with Gasteiger partial charge >= 0.3 is 18.3 Å². The molecule has 0 aliphatic carbocycles. The summed E-state index contributed by atoms with van der Waals surface area (Å²) < 4.78 is 146. The Balaban J connectivity index is 2.80. The van der Waals surface area contributed by atoms with Gasteiger partial charge in [-0.3, -0.25) is 4.90 Å². The van der Waals surface area contributed by atoms with Gasteiger partial charge in [-0.15, -0.1) is 0 Å². The number of halogens is 11. The second kappa shape index (κ2) is 8.23. The van der Waals surface area contributed by atoms with Crippen molar-refractivity contribution in [3.63, 3.8) is 0 Å². The molecule has 2 atom stereocenters. The van der Waals surface area contributed by atoms with Crippen LogP contribution in [0.1, 0.15) is 0 Å². The van der Waals surface area contributed by atoms with Crippen LogP contribution in [0.2, 0.25) is 0 Å². The van der Waals surface area contributed by atoms with Gasteiger partial charge in [0, 0.05) is 26.2 Å². The van der Waals surface area contributed by atoms with Gasteiger partial charge < -0.3 is 9.64 Å². The molecule has 0 radical (unpaired) electrons. The zero-order chi connectivity index (χ0) is 21.3. The lowest BCUT2D eigenvalue weighted by atomic mass is 10.1. The fourth-order valence-corrected chi connectivity index (χ4v) is 2.51. The summed E-state index contributed by atoms with van der Waals surface area (Å²) in [6, 6.07) is -3.38. The van der Waals surface area contributed by atoms with Gasteiger partial charge in [0.15, 0.2) is 6.04 Å². The zero-order valence-electron chi connectivity index (χ0n) is 13.9. The van der Waals surface area contributed by atoms with E-state index in [-0.39, 0.29) is 13.1 Å². The number of hydrogen-bond donors (Lipinski definition) is 0. The first-order chi connectivity index (χ1) is 12.0. The molecule has 1 rings (SSSR count). The molecule has 0 bridgehead atoms. The summed E-state index contributed by atoms with van der Waals surface area (Å²) in [6.07, 6.45) is -16.1. The van der Waals surface area contributed by atoms with E-state index in [4.69, 9.17) is 0 Å². The Morgan fingerprint density at radius 1 is 0.741 bits per heavy atom. The van der Waals surface area contributed by atoms with Crippen molar-refractivity contribution in [2.45, 2.75) is 36.4 Å². The van der Waals surface area contributed by atoms with Crippen LogP contribution < -0.4 is 0 Å². The van der Waals surface area contributed by atoms with Crippen LogP contribution in [-0.2, 0) is 4.74 Å². The van der Waals surface area contributed by atoms with E-state index in [1.54, 1.807) is 11.9 Å². The van der Waals surface area contributed by atoms with Crippen LogP contribution >= 0.6 is 0 Å². The predicted molar refractivity (Wildman–Crippen MR) is 70.6 cm³/mol. The number of hydrogen-bond acceptors (Lipinski definition) is 3. The lowest BCUT2D eigenvalue weighted by Gasteiger charge is -2.41. The fraction of sp³-hybridized carbons (Fsp3) is 1.00. The monoisotopic (exact) mass is 426 g/mol. The van der Waals surface area contributed by atoms with E-state index in [2.05, 4.69) is 4.74 Å². The Bertz CT molecular complexity index is 472. The van der Waals surface area contributed by atoms with E-state index in [1.807, 2.05) is 0 Å². The van der Waals surface area contributed by atoms with E-state index in [0.717, 1.165) is 0 Å². The van der Waals surface area contributed by atoms with Gasteiger partial charge in [-0.1, -0.05) is 0 Å². The normalized spacial score (nSPS) is 21.3. The lowest BCUT2D eigenvalue weighted by Crippen LogP contribution is -2.62. The van der Waals surface area contributed by atoms with Crippen molar-refractivity contribution >= 4 is 0 Å². The summed E-state index contributed by atoms with van der Waals surface area (Å²) >= 11 is 0. The summed E-state index contributed by atoms with van der Waals surface area (Å²) in [4.78, 5) is 1.98. The van der Waals surface area contributed by atoms with Gasteiger partial charge in [-0.2, -0.15) is 26.3 Å². The van der Waals surface area contributed by atoms with E-state index >= 15 is 0 Å². The third kappa shape index (κ3) is 6.59. The quantitative estimate of drug-likeness (QED) is 0.581. The summed E-state index contributed by atoms with van der Waals surface area (Å²) in [6.45, 7) is -5.41. The average molecular weight is 426 g/mol. The highest BCUT2D eigenvalue weighted by Crippen LogP contribution is 2.38. The van der Waals surface area contributed by atoms with Crippen molar-refractivity contribution in [2.75, 3.05) is 46.4 Å². The van der Waals surface area contributed by atoms with Gasteiger partial charge in [-0.25, -0.2) is 22.0 Å². The Kier molecular flexibility index (Phi) is 7.36. The van der Waals surface area contributed by atoms with Crippen molar-refractivity contribution in [2.24, 2.45) is 0 Å². The summed E-state index contributed by atoms with van der Waals surface area (Å²) in [5.74, 6) is -9.97. The predicted octanol–water partition coefficient (Wildman–Crippen LogP) is 3.35. The third-order valence-corrected chi connectivity index (χ3v) is 3.86. The maximum atomic E-state index is 14.0. The van der Waals surface area contributed by atoms with Crippen molar-refractivity contribution in [3.8, 4) is 0 Å². The molecule has 0 amide bonds. The fourth-order valence-electron chi connectivity index (χ4n) is 2.51. The highest BCUT2D eigenvalue weighted by Gasteiger charge is 2.60. The van der Waals surface area contributed by atoms with Gasteiger partial charge in [0.1, 0.15) is 13.2 Å². The number of alkyl halides is 11. The molecular formula is C13H17F11N2O. The highest BCUT2D eigenvalue weighted by atomic mass is 19.4. The van der Waals surface area contributed by atoms with Crippen molar-refractivity contribution in [1.82, 2.24) is 9.80 Å². The molecule has 1 fully saturated rings. The third-order valence-electron chi connectivity index (χ3n) is 3.86. The van der Waals surface area contributed by atoms with E-state index < -0.39 is 62.7 Å². The van der Waals surface area contributed by atoms with Gasteiger partial charge in [0.25, 0.3) is 12.1 Å². The molecule has 0 N–H and O–H groups in total. The minimum atomic E-state index is -5.98. The van der Waals surface area contributed by atoms with Crippen LogP contribution in [0.15, 0.2) is 0 Å². The van der Waals surface area contributed by atoms with Gasteiger partial charge in [0.05, 0.1) is 0 Å². The van der Waals surface area contributed by atoms with Crippen LogP contribution in [-0.4, -0.2) is 92.7 Å². The lowest BCUT2D eigenvalue weighted by molar-refractivity contribution is -0.275. The molecule has 3 nitrogen and oxygen atoms in total. The molecule has 162 valence electrons. The molecule has 1 saturated heterocycles. The average Bonchev–Trinajstić information content (AvgIpc) is 2.45. The molecule has 1 aliphatic rings. The molecule has 0 aromatic carbocycles. The maximum absolute atomic E-state index is 14.0. The second-order valence-corrected chi connectivity index (χ2v) is 6.20. The van der Waals surface area contributed by atoms with Crippen molar-refractivity contribution in [3.05, 3.63) is 0 Å². The standard InChI is InChI=1S/C13H17F11N2O/c1-25-2-4-26(5-3-25)9(13(22,23)24)11(17,18)7-27-6-10(15,16)8(14)12(19,20)21/h8-9H,2-7H2,1H3. The van der Waals surface area contributed by atoms with E-state index in [9.17, 15) is 48.3 Å². The first kappa shape index (κ1) is 24.1. The molecule has 0 saturated carbocycles. The van der Waals surface area contributed by atoms with Crippen molar-refractivity contribution < 1.29 is 53.0 Å². The largest absolute Gasteiger partial charge is 0.425 e. The maximum Gasteiger partial charge on any atom is 0.425 e. The number of likely N-dealkylation sites (N-methyl/N-ethyl adjacent to an activating group) is 1. The Labute approximate surface area is 147 Å². The second-order valence-electron chi connectivity index (χ2n) is 6.20. The van der Waals surface area contributed by atoms with Crippen LogP contribution in [0, 0.1) is 0 Å². The smallest absolute Gasteiger partial charge is 0.369 e. The zero-order valence-corrected chi connectivity index (χ0v) is 13.9. The summed E-state index contributed by atoms with van der Waals surface area (Å²) in [5.41, 5.74) is 0. The topological polar surface area (TPSA) is 15.7 Å². The Hall–Kier alpha value is -0.890.